The molecule has 144 valence electrons. The zero-order valence-corrected chi connectivity index (χ0v) is 17.6. The normalized spacial score (nSPS) is 13.2. The number of carbonyl (C=O) groups excluding carboxylic acids is 1. The van der Waals surface area contributed by atoms with Crippen molar-refractivity contribution in [1.29, 1.82) is 0 Å². The van der Waals surface area contributed by atoms with E-state index in [2.05, 4.69) is 71.1 Å². The molecular formula is C23H24N2OS2. The second-order valence-corrected chi connectivity index (χ2v) is 8.82. The maximum Gasteiger partial charge on any atom is 0.261 e. The molecule has 2 aromatic carbocycles. The van der Waals surface area contributed by atoms with Crippen LogP contribution in [0.1, 0.15) is 27.2 Å². The molecule has 28 heavy (non-hydrogen) atoms. The van der Waals surface area contributed by atoms with Gasteiger partial charge in [0, 0.05) is 23.7 Å². The van der Waals surface area contributed by atoms with Gasteiger partial charge in [0.25, 0.3) is 5.91 Å². The molecule has 1 amide bonds. The molecule has 3 nitrogen and oxygen atoms in total. The Morgan fingerprint density at radius 3 is 2.75 bits per heavy atom. The number of carbonyl (C=O) groups is 1. The van der Waals surface area contributed by atoms with E-state index < -0.39 is 0 Å². The smallest absolute Gasteiger partial charge is 0.261 e. The first-order valence-electron chi connectivity index (χ1n) is 9.61. The highest BCUT2D eigenvalue weighted by Gasteiger charge is 2.20. The third-order valence-electron chi connectivity index (χ3n) is 5.05. The number of nitrogens with one attached hydrogen (secondary N) is 1. The zero-order valence-electron chi connectivity index (χ0n) is 16.0. The highest BCUT2D eigenvalue weighted by atomic mass is 32.2. The molecule has 3 aromatic rings. The van der Waals surface area contributed by atoms with Crippen molar-refractivity contribution in [3.05, 3.63) is 76.7 Å². The molecule has 0 saturated heterocycles. The molecule has 0 bridgehead atoms. The van der Waals surface area contributed by atoms with E-state index in [9.17, 15) is 4.79 Å². The molecule has 1 aromatic heterocycles. The van der Waals surface area contributed by atoms with Crippen molar-refractivity contribution in [2.45, 2.75) is 24.2 Å². The average Bonchev–Trinajstić information content (AvgIpc) is 3.24. The standard InChI is InChI=1S/C23H24N2OS2/c1-27-19-10-8-17(9-11-19)14-15-24-23(26)21-12-13-22(28-21)25-16-4-6-18-5-2-3-7-20(18)25/h2-3,5,7-13H,4,6,14-16H2,1H3,(H,24,26). The fourth-order valence-corrected chi connectivity index (χ4v) is 4.93. The number of benzene rings is 2. The highest BCUT2D eigenvalue weighted by Crippen LogP contribution is 2.37. The van der Waals surface area contributed by atoms with Crippen LogP contribution >= 0.6 is 23.1 Å². The Labute approximate surface area is 174 Å². The van der Waals surface area contributed by atoms with Gasteiger partial charge in [-0.05, 0) is 67.0 Å². The molecular weight excluding hydrogens is 384 g/mol. The Morgan fingerprint density at radius 1 is 1.11 bits per heavy atom. The van der Waals surface area contributed by atoms with E-state index >= 15 is 0 Å². The summed E-state index contributed by atoms with van der Waals surface area (Å²) in [5, 5.41) is 4.20. The lowest BCUT2D eigenvalue weighted by Crippen LogP contribution is -2.25. The summed E-state index contributed by atoms with van der Waals surface area (Å²) < 4.78 is 0. The van der Waals surface area contributed by atoms with Crippen molar-refractivity contribution in [3.63, 3.8) is 0 Å². The van der Waals surface area contributed by atoms with Gasteiger partial charge in [-0.3, -0.25) is 4.79 Å². The third-order valence-corrected chi connectivity index (χ3v) is 6.90. The van der Waals surface area contributed by atoms with Gasteiger partial charge in [-0.2, -0.15) is 0 Å². The van der Waals surface area contributed by atoms with Crippen molar-refractivity contribution in [2.24, 2.45) is 0 Å². The molecule has 2 heterocycles. The van der Waals surface area contributed by atoms with Crippen LogP contribution in [0.15, 0.2) is 65.6 Å². The van der Waals surface area contributed by atoms with Gasteiger partial charge in [-0.15, -0.1) is 23.1 Å². The number of fused-ring (bicyclic) bond motifs is 1. The van der Waals surface area contributed by atoms with Crippen LogP contribution in [0.2, 0.25) is 0 Å². The fourth-order valence-electron chi connectivity index (χ4n) is 3.56. The van der Waals surface area contributed by atoms with Gasteiger partial charge in [0.2, 0.25) is 0 Å². The van der Waals surface area contributed by atoms with E-state index in [0.29, 0.717) is 6.54 Å². The van der Waals surface area contributed by atoms with Gasteiger partial charge >= 0.3 is 0 Å². The topological polar surface area (TPSA) is 32.3 Å². The number of anilines is 2. The lowest BCUT2D eigenvalue weighted by molar-refractivity contribution is 0.0958. The first-order chi connectivity index (χ1) is 13.7. The number of rotatable bonds is 6. The van der Waals surface area contributed by atoms with Crippen LogP contribution in [0, 0.1) is 0 Å². The molecule has 0 spiro atoms. The lowest BCUT2D eigenvalue weighted by Gasteiger charge is -2.30. The summed E-state index contributed by atoms with van der Waals surface area (Å²) in [6.45, 7) is 1.65. The fraction of sp³-hybridized carbons (Fsp3) is 0.261. The molecule has 5 heteroatoms. The number of nitrogens with zero attached hydrogens (tertiary/aromatic N) is 1. The summed E-state index contributed by atoms with van der Waals surface area (Å²) in [4.78, 5) is 16.9. The SMILES string of the molecule is CSc1ccc(CCNC(=O)c2ccc(N3CCCc4ccccc43)s2)cc1. The van der Waals surface area contributed by atoms with E-state index in [4.69, 9.17) is 0 Å². The molecule has 4 rings (SSSR count). The van der Waals surface area contributed by atoms with E-state index in [1.807, 2.05) is 6.07 Å². The van der Waals surface area contributed by atoms with E-state index in [-0.39, 0.29) is 5.91 Å². The van der Waals surface area contributed by atoms with Gasteiger partial charge in [0.05, 0.1) is 9.88 Å². The van der Waals surface area contributed by atoms with Crippen molar-refractivity contribution in [1.82, 2.24) is 5.32 Å². The van der Waals surface area contributed by atoms with E-state index in [1.54, 1.807) is 23.1 Å². The molecule has 0 unspecified atom stereocenters. The van der Waals surface area contributed by atoms with Gasteiger partial charge in [0.1, 0.15) is 0 Å². The van der Waals surface area contributed by atoms with Crippen LogP contribution in [0.3, 0.4) is 0 Å². The quantitative estimate of drug-likeness (QED) is 0.545. The van der Waals surface area contributed by atoms with Crippen LogP contribution in [0.25, 0.3) is 0 Å². The Hall–Kier alpha value is -2.24. The van der Waals surface area contributed by atoms with Crippen LogP contribution in [-0.4, -0.2) is 25.3 Å². The number of thiophene rings is 1. The minimum Gasteiger partial charge on any atom is -0.351 e. The second-order valence-electron chi connectivity index (χ2n) is 6.88. The van der Waals surface area contributed by atoms with E-state index in [0.717, 1.165) is 35.7 Å². The summed E-state index contributed by atoms with van der Waals surface area (Å²) >= 11 is 3.31. The maximum absolute atomic E-state index is 12.6. The predicted octanol–water partition coefficient (Wildman–Crippen LogP) is 5.53. The Kier molecular flexibility index (Phi) is 6.03. The number of amides is 1. The molecule has 0 aliphatic carbocycles. The van der Waals surface area contributed by atoms with Crippen molar-refractivity contribution >= 4 is 39.7 Å². The van der Waals surface area contributed by atoms with Crippen LogP contribution in [0.5, 0.6) is 0 Å². The molecule has 1 aliphatic rings. The van der Waals surface area contributed by atoms with Crippen molar-refractivity contribution in [2.75, 3.05) is 24.2 Å². The summed E-state index contributed by atoms with van der Waals surface area (Å²) in [5.41, 5.74) is 3.91. The van der Waals surface area contributed by atoms with Crippen LogP contribution < -0.4 is 10.2 Å². The van der Waals surface area contributed by atoms with Crippen LogP contribution in [-0.2, 0) is 12.8 Å². The summed E-state index contributed by atoms with van der Waals surface area (Å²) in [7, 11) is 0. The average molecular weight is 409 g/mol. The summed E-state index contributed by atoms with van der Waals surface area (Å²) in [6, 6.07) is 21.1. The lowest BCUT2D eigenvalue weighted by atomic mass is 10.0. The van der Waals surface area contributed by atoms with Crippen molar-refractivity contribution < 1.29 is 4.79 Å². The van der Waals surface area contributed by atoms with Gasteiger partial charge < -0.3 is 10.2 Å². The Balaban J connectivity index is 1.37. The Morgan fingerprint density at radius 2 is 1.93 bits per heavy atom. The predicted molar refractivity (Wildman–Crippen MR) is 120 cm³/mol. The maximum atomic E-state index is 12.6. The van der Waals surface area contributed by atoms with E-state index in [1.165, 1.54) is 21.7 Å². The highest BCUT2D eigenvalue weighted by molar-refractivity contribution is 7.98. The number of aryl methyl sites for hydroxylation is 1. The monoisotopic (exact) mass is 408 g/mol. The number of hydrogen-bond acceptors (Lipinski definition) is 4. The second kappa shape index (κ2) is 8.84. The molecule has 0 fully saturated rings. The largest absolute Gasteiger partial charge is 0.351 e. The minimum absolute atomic E-state index is 0.0160. The van der Waals surface area contributed by atoms with Gasteiger partial charge in [-0.1, -0.05) is 30.3 Å². The summed E-state index contributed by atoms with van der Waals surface area (Å²) in [6.07, 6.45) is 5.19. The Bertz CT molecular complexity index is 949. The first-order valence-corrected chi connectivity index (χ1v) is 11.6. The molecule has 0 saturated carbocycles. The van der Waals surface area contributed by atoms with Gasteiger partial charge in [0.15, 0.2) is 0 Å². The number of hydrogen-bond donors (Lipinski definition) is 1. The molecule has 1 N–H and O–H groups in total. The molecule has 1 aliphatic heterocycles. The summed E-state index contributed by atoms with van der Waals surface area (Å²) in [5.74, 6) is 0.0160. The molecule has 0 radical (unpaired) electrons. The van der Waals surface area contributed by atoms with Crippen LogP contribution in [0.4, 0.5) is 10.7 Å². The van der Waals surface area contributed by atoms with Gasteiger partial charge in [-0.25, -0.2) is 0 Å². The van der Waals surface area contributed by atoms with Crippen molar-refractivity contribution in [3.8, 4) is 0 Å². The zero-order chi connectivity index (χ0) is 19.3. The number of para-hydroxylation sites is 1. The number of thioether (sulfide) groups is 1. The first kappa shape index (κ1) is 19.1. The third kappa shape index (κ3) is 4.26. The molecule has 0 atom stereocenters. The minimum atomic E-state index is 0.0160.